The molecule has 220 valence electrons. The van der Waals surface area contributed by atoms with Gasteiger partial charge < -0.3 is 9.47 Å². The van der Waals surface area contributed by atoms with Crippen molar-refractivity contribution in [1.82, 2.24) is 20.0 Å². The van der Waals surface area contributed by atoms with Crippen LogP contribution in [0.2, 0.25) is 5.02 Å². The highest BCUT2D eigenvalue weighted by Gasteiger charge is 2.30. The van der Waals surface area contributed by atoms with Crippen LogP contribution in [0.3, 0.4) is 0 Å². The molecule has 43 heavy (non-hydrogen) atoms. The van der Waals surface area contributed by atoms with Gasteiger partial charge in [0.25, 0.3) is 10.0 Å². The Kier molecular flexibility index (Phi) is 8.57. The zero-order valence-electron chi connectivity index (χ0n) is 22.2. The van der Waals surface area contributed by atoms with E-state index in [-0.39, 0.29) is 27.9 Å². The molecule has 0 N–H and O–H groups in total. The minimum atomic E-state index is -4.45. The smallest absolute Gasteiger partial charge is 0.416 e. The van der Waals surface area contributed by atoms with Crippen molar-refractivity contribution < 1.29 is 31.1 Å². The largest absolute Gasteiger partial charge is 0.455 e. The fourth-order valence-electron chi connectivity index (χ4n) is 4.04. The predicted octanol–water partition coefficient (Wildman–Crippen LogP) is 6.37. The topological polar surface area (TPSA) is 109 Å². The van der Waals surface area contributed by atoms with E-state index in [0.717, 1.165) is 12.1 Å². The van der Waals surface area contributed by atoms with E-state index in [9.17, 15) is 21.6 Å². The molecule has 5 rings (SSSR count). The summed E-state index contributed by atoms with van der Waals surface area (Å²) in [5, 5.41) is 11.7. The molecule has 2 aromatic heterocycles. The first-order chi connectivity index (χ1) is 20.5. The second kappa shape index (κ2) is 12.3. The normalized spacial score (nSPS) is 12.3. The first-order valence-electron chi connectivity index (χ1n) is 12.4. The molecule has 0 saturated heterocycles. The summed E-state index contributed by atoms with van der Waals surface area (Å²) >= 11 is 6.46. The minimum Gasteiger partial charge on any atom is -0.455 e. The van der Waals surface area contributed by atoms with Crippen molar-refractivity contribution in [2.24, 2.45) is 4.40 Å². The molecular formula is C29H21ClF3N5O4S. The summed E-state index contributed by atoms with van der Waals surface area (Å²) in [4.78, 5) is -0.172. The molecule has 0 saturated carbocycles. The third kappa shape index (κ3) is 6.91. The van der Waals surface area contributed by atoms with Crippen molar-refractivity contribution in [3.63, 3.8) is 0 Å². The van der Waals surface area contributed by atoms with Crippen LogP contribution in [0, 0.1) is 0 Å². The molecule has 5 aromatic rings. The molecule has 0 aliphatic rings. The van der Waals surface area contributed by atoms with Gasteiger partial charge in [-0.05, 0) is 71.8 Å². The van der Waals surface area contributed by atoms with E-state index in [0.29, 0.717) is 28.0 Å². The van der Waals surface area contributed by atoms with Gasteiger partial charge in [0.1, 0.15) is 18.2 Å². The molecule has 0 atom stereocenters. The third-order valence-corrected chi connectivity index (χ3v) is 7.68. The summed E-state index contributed by atoms with van der Waals surface area (Å²) in [6, 6.07) is 18.5. The number of sulfonamides is 1. The molecule has 0 aliphatic heterocycles. The molecule has 0 amide bonds. The van der Waals surface area contributed by atoms with Crippen molar-refractivity contribution in [2.45, 2.75) is 17.8 Å². The number of hydrogen-bond donors (Lipinski definition) is 0. The monoisotopic (exact) mass is 627 g/mol. The lowest BCUT2D eigenvalue weighted by atomic mass is 9.98. The number of hydrogen-bond acceptors (Lipinski definition) is 7. The summed E-state index contributed by atoms with van der Waals surface area (Å²) < 4.78 is 81.5. The fraction of sp³-hybridized carbons (Fsp3) is 0.103. The summed E-state index contributed by atoms with van der Waals surface area (Å²) in [7, 11) is -2.74. The molecule has 14 heteroatoms. The Morgan fingerprint density at radius 3 is 2.30 bits per heavy atom. The lowest BCUT2D eigenvalue weighted by Gasteiger charge is -2.15. The maximum Gasteiger partial charge on any atom is 0.416 e. The van der Waals surface area contributed by atoms with Gasteiger partial charge in [-0.3, -0.25) is 0 Å². The van der Waals surface area contributed by atoms with Crippen LogP contribution in [0.15, 0.2) is 107 Å². The number of nitrogens with zero attached hydrogens (tertiary/aromatic N) is 5. The number of methoxy groups -OCH3 is 1. The Morgan fingerprint density at radius 2 is 1.63 bits per heavy atom. The molecule has 0 unspecified atom stereocenters. The van der Waals surface area contributed by atoms with Crippen molar-refractivity contribution >= 4 is 21.6 Å². The van der Waals surface area contributed by atoms with Gasteiger partial charge in [0.05, 0.1) is 27.9 Å². The average Bonchev–Trinajstić information content (AvgIpc) is 2.99. The molecule has 0 aliphatic carbocycles. The van der Waals surface area contributed by atoms with Crippen LogP contribution in [0.5, 0.6) is 11.5 Å². The summed E-state index contributed by atoms with van der Waals surface area (Å²) in [6.45, 7) is -0.00425. The van der Waals surface area contributed by atoms with E-state index in [1.54, 1.807) is 30.3 Å². The number of benzene rings is 3. The Balaban J connectivity index is 1.49. The maximum absolute atomic E-state index is 13.0. The van der Waals surface area contributed by atoms with Gasteiger partial charge in [-0.15, -0.1) is 4.40 Å². The van der Waals surface area contributed by atoms with E-state index in [1.807, 2.05) is 0 Å². The Bertz CT molecular complexity index is 1940. The molecule has 0 spiro atoms. The molecule has 0 bridgehead atoms. The van der Waals surface area contributed by atoms with Crippen LogP contribution in [0.1, 0.15) is 5.56 Å². The number of rotatable bonds is 8. The highest BCUT2D eigenvalue weighted by Crippen LogP contribution is 2.39. The second-order valence-corrected chi connectivity index (χ2v) is 11.0. The fourth-order valence-corrected chi connectivity index (χ4v) is 5.33. The Hall–Kier alpha value is -4.59. The third-order valence-electron chi connectivity index (χ3n) is 6.11. The summed E-state index contributed by atoms with van der Waals surface area (Å²) in [6.07, 6.45) is 0.0153. The van der Waals surface area contributed by atoms with E-state index in [2.05, 4.69) is 19.7 Å². The molecule has 9 nitrogen and oxygen atoms in total. The van der Waals surface area contributed by atoms with Crippen molar-refractivity contribution in [3.05, 3.63) is 114 Å². The summed E-state index contributed by atoms with van der Waals surface area (Å²) in [5.41, 5.74) is 1.66. The number of ether oxygens (including phenoxy) is 2. The van der Waals surface area contributed by atoms with Gasteiger partial charge in [-0.2, -0.15) is 36.9 Å². The predicted molar refractivity (Wildman–Crippen MR) is 151 cm³/mol. The molecule has 3 aromatic carbocycles. The van der Waals surface area contributed by atoms with Crippen molar-refractivity contribution in [3.8, 4) is 33.8 Å². The molecule has 2 heterocycles. The van der Waals surface area contributed by atoms with Gasteiger partial charge in [-0.1, -0.05) is 29.8 Å². The quantitative estimate of drug-likeness (QED) is 0.197. The minimum absolute atomic E-state index is 0.00199. The van der Waals surface area contributed by atoms with E-state index in [4.69, 9.17) is 21.1 Å². The van der Waals surface area contributed by atoms with Crippen LogP contribution in [0.25, 0.3) is 22.3 Å². The number of alkyl halides is 3. The number of halogens is 4. The van der Waals surface area contributed by atoms with Crippen molar-refractivity contribution in [1.29, 1.82) is 0 Å². The van der Waals surface area contributed by atoms with E-state index in [1.165, 1.54) is 66.8 Å². The lowest BCUT2D eigenvalue weighted by Crippen LogP contribution is -2.25. The SMILES string of the molecule is COCn1nccc/c1=N\S(=O)(=O)c1ccc(Oc2ccc(-c3ccc(C(F)(F)F)cc3)cc2-c2ccnnc2)c(Cl)c1. The highest BCUT2D eigenvalue weighted by molar-refractivity contribution is 7.90. The van der Waals surface area contributed by atoms with Crippen LogP contribution < -0.4 is 10.2 Å². The zero-order valence-corrected chi connectivity index (χ0v) is 23.8. The van der Waals surface area contributed by atoms with Gasteiger partial charge in [0.15, 0.2) is 5.49 Å². The number of aromatic nitrogens is 4. The van der Waals surface area contributed by atoms with Crippen LogP contribution >= 0.6 is 11.6 Å². The van der Waals surface area contributed by atoms with Crippen LogP contribution in [-0.4, -0.2) is 35.5 Å². The summed E-state index contributed by atoms with van der Waals surface area (Å²) in [5.74, 6) is 0.490. The second-order valence-electron chi connectivity index (χ2n) is 8.98. The van der Waals surface area contributed by atoms with Crippen molar-refractivity contribution in [2.75, 3.05) is 7.11 Å². The molecular weight excluding hydrogens is 607 g/mol. The first-order valence-corrected chi connectivity index (χ1v) is 14.3. The average molecular weight is 628 g/mol. The van der Waals surface area contributed by atoms with Gasteiger partial charge in [0.2, 0.25) is 0 Å². The van der Waals surface area contributed by atoms with Gasteiger partial charge in [0, 0.05) is 24.4 Å². The Labute approximate surface area is 248 Å². The van der Waals surface area contributed by atoms with Crippen LogP contribution in [0.4, 0.5) is 13.2 Å². The standard InChI is InChI=1S/C29H21ClF3N5O4S/c1-41-18-38-28(3-2-13-36-38)37-43(39,40)23-9-11-27(25(30)16-23)42-26-10-6-20(15-24(26)21-12-14-34-35-17-21)19-4-7-22(8-5-19)29(31,32)33/h2-17H,18H2,1H3/b37-28+. The van der Waals surface area contributed by atoms with E-state index >= 15 is 0 Å². The Morgan fingerprint density at radius 1 is 0.884 bits per heavy atom. The maximum atomic E-state index is 13.0. The van der Waals surface area contributed by atoms with E-state index < -0.39 is 21.8 Å². The first kappa shape index (κ1) is 29.9. The van der Waals surface area contributed by atoms with Gasteiger partial charge in [-0.25, -0.2) is 4.68 Å². The molecule has 0 radical (unpaired) electrons. The zero-order chi connectivity index (χ0) is 30.6. The molecule has 0 fully saturated rings. The lowest BCUT2D eigenvalue weighted by molar-refractivity contribution is -0.137. The highest BCUT2D eigenvalue weighted by atomic mass is 35.5. The van der Waals surface area contributed by atoms with Gasteiger partial charge >= 0.3 is 6.18 Å². The van der Waals surface area contributed by atoms with Crippen LogP contribution in [-0.2, 0) is 27.7 Å².